The molecule has 0 bridgehead atoms. The zero-order chi connectivity index (χ0) is 10.7. The predicted molar refractivity (Wildman–Crippen MR) is 39.4 cm³/mol. The second kappa shape index (κ2) is 3.86. The maximum absolute atomic E-state index is 11.0. The first-order valence-corrected chi connectivity index (χ1v) is 3.86. The molecule has 1 rings (SSSR count). The molecule has 76 valence electrons. The number of carboxylic acids is 1. The summed E-state index contributed by atoms with van der Waals surface area (Å²) in [5.74, 6) is -4.03. The van der Waals surface area contributed by atoms with Crippen molar-refractivity contribution in [2.75, 3.05) is 0 Å². The Morgan fingerprint density at radius 1 is 1.21 bits per heavy atom. The number of aliphatic carboxylic acids is 1. The summed E-state index contributed by atoms with van der Waals surface area (Å²) in [5, 5.41) is 13.8. The van der Waals surface area contributed by atoms with E-state index in [2.05, 4.69) is 0 Å². The van der Waals surface area contributed by atoms with Gasteiger partial charge in [0.15, 0.2) is 0 Å². The monoisotopic (exact) mass is 199 g/mol. The summed E-state index contributed by atoms with van der Waals surface area (Å²) >= 11 is 0. The van der Waals surface area contributed by atoms with E-state index in [0.29, 0.717) is 0 Å². The molecule has 1 heterocycles. The lowest BCUT2D eigenvalue weighted by atomic mass is 10.00. The largest absolute Gasteiger partial charge is 0.550 e. The molecule has 7 heteroatoms. The maximum atomic E-state index is 11.0. The number of carbonyl (C=O) groups is 4. The minimum absolute atomic E-state index is 0.173. The minimum atomic E-state index is -1.34. The average molecular weight is 199 g/mol. The summed E-state index contributed by atoms with van der Waals surface area (Å²) in [7, 11) is 0. The van der Waals surface area contributed by atoms with Gasteiger partial charge in [-0.1, -0.05) is 0 Å². The molecule has 1 aliphatic heterocycles. The van der Waals surface area contributed by atoms with Crippen LogP contribution in [-0.4, -0.2) is 23.8 Å². The fourth-order valence-corrected chi connectivity index (χ4v) is 1.07. The molecule has 14 heavy (non-hydrogen) atoms. The third kappa shape index (κ3) is 2.28. The van der Waals surface area contributed by atoms with Crippen LogP contribution in [-0.2, 0) is 14.4 Å². The van der Waals surface area contributed by atoms with E-state index in [1.165, 1.54) is 0 Å². The fraction of sp³-hybridized carbons (Fsp3) is 0.429. The highest BCUT2D eigenvalue weighted by Crippen LogP contribution is 2.09. The molecule has 7 nitrogen and oxygen atoms in total. The lowest BCUT2D eigenvalue weighted by molar-refractivity contribution is -0.305. The van der Waals surface area contributed by atoms with Crippen molar-refractivity contribution in [1.82, 2.24) is 10.6 Å². The first-order valence-electron chi connectivity index (χ1n) is 3.86. The van der Waals surface area contributed by atoms with E-state index in [-0.39, 0.29) is 6.42 Å². The lowest BCUT2D eigenvalue weighted by Gasteiger charge is -2.20. The molecule has 0 aromatic rings. The SMILES string of the molecule is O=C([O-])CCC1C(=O)NC(=O)NC1=O. The molecule has 1 aliphatic rings. The van der Waals surface area contributed by atoms with Gasteiger partial charge in [0.05, 0.1) is 0 Å². The van der Waals surface area contributed by atoms with Crippen LogP contribution in [0.15, 0.2) is 0 Å². The van der Waals surface area contributed by atoms with Crippen molar-refractivity contribution < 1.29 is 24.3 Å². The second-order valence-corrected chi connectivity index (χ2v) is 2.77. The Kier molecular flexibility index (Phi) is 2.80. The Hall–Kier alpha value is -1.92. The van der Waals surface area contributed by atoms with Gasteiger partial charge in [0.1, 0.15) is 5.92 Å². The Labute approximate surface area is 78.5 Å². The highest BCUT2D eigenvalue weighted by molar-refractivity contribution is 6.16. The van der Waals surface area contributed by atoms with Crippen molar-refractivity contribution in [1.29, 1.82) is 0 Å². The molecule has 0 aliphatic carbocycles. The van der Waals surface area contributed by atoms with Crippen molar-refractivity contribution in [3.8, 4) is 0 Å². The van der Waals surface area contributed by atoms with Crippen LogP contribution in [0, 0.1) is 5.92 Å². The number of nitrogens with one attached hydrogen (secondary N) is 2. The van der Waals surface area contributed by atoms with E-state index in [4.69, 9.17) is 0 Å². The molecule has 1 saturated heterocycles. The first-order chi connectivity index (χ1) is 6.50. The lowest BCUT2D eigenvalue weighted by Crippen LogP contribution is -2.55. The van der Waals surface area contributed by atoms with Gasteiger partial charge in [-0.15, -0.1) is 0 Å². The van der Waals surface area contributed by atoms with Crippen LogP contribution in [0.1, 0.15) is 12.8 Å². The number of amides is 4. The molecular formula is C7H7N2O5-. The van der Waals surface area contributed by atoms with Gasteiger partial charge < -0.3 is 9.90 Å². The van der Waals surface area contributed by atoms with Crippen molar-refractivity contribution >= 4 is 23.8 Å². The quantitative estimate of drug-likeness (QED) is 0.487. The van der Waals surface area contributed by atoms with Gasteiger partial charge in [-0.05, 0) is 12.8 Å². The van der Waals surface area contributed by atoms with Gasteiger partial charge in [-0.3, -0.25) is 20.2 Å². The van der Waals surface area contributed by atoms with Crippen molar-refractivity contribution in [3.05, 3.63) is 0 Å². The zero-order valence-electron chi connectivity index (χ0n) is 7.03. The van der Waals surface area contributed by atoms with Gasteiger partial charge >= 0.3 is 6.03 Å². The van der Waals surface area contributed by atoms with E-state index >= 15 is 0 Å². The molecule has 4 amide bonds. The van der Waals surface area contributed by atoms with Gasteiger partial charge in [0, 0.05) is 5.97 Å². The standard InChI is InChI=1S/C7H8N2O5/c10-4(11)2-1-3-5(12)8-7(14)9-6(3)13/h3H,1-2H2,(H,10,11)(H2,8,9,12,13,14)/p-1. The normalized spacial score (nSPS) is 17.6. The summed E-state index contributed by atoms with van der Waals surface area (Å²) in [6.07, 6.45) is -0.576. The maximum Gasteiger partial charge on any atom is 0.328 e. The highest BCUT2D eigenvalue weighted by atomic mass is 16.4. The van der Waals surface area contributed by atoms with Crippen LogP contribution >= 0.6 is 0 Å². The molecule has 0 radical (unpaired) electrons. The van der Waals surface area contributed by atoms with Crippen LogP contribution in [0.25, 0.3) is 0 Å². The number of carbonyl (C=O) groups excluding carboxylic acids is 4. The topological polar surface area (TPSA) is 115 Å². The third-order valence-corrected chi connectivity index (χ3v) is 1.74. The Balaban J connectivity index is 2.59. The number of imide groups is 2. The summed E-state index contributed by atoms with van der Waals surface area (Å²) in [6.45, 7) is 0. The van der Waals surface area contributed by atoms with Crippen molar-refractivity contribution in [2.45, 2.75) is 12.8 Å². The molecule has 0 atom stereocenters. The van der Waals surface area contributed by atoms with E-state index in [1.807, 2.05) is 10.6 Å². The first kappa shape index (κ1) is 10.2. The summed E-state index contributed by atoms with van der Waals surface area (Å²) < 4.78 is 0. The van der Waals surface area contributed by atoms with Crippen LogP contribution in [0.4, 0.5) is 4.79 Å². The van der Waals surface area contributed by atoms with E-state index in [1.54, 1.807) is 0 Å². The molecule has 2 N–H and O–H groups in total. The molecule has 0 aromatic carbocycles. The smallest absolute Gasteiger partial charge is 0.328 e. The zero-order valence-corrected chi connectivity index (χ0v) is 7.03. The van der Waals surface area contributed by atoms with Crippen LogP contribution in [0.3, 0.4) is 0 Å². The number of hydrogen-bond acceptors (Lipinski definition) is 5. The second-order valence-electron chi connectivity index (χ2n) is 2.77. The van der Waals surface area contributed by atoms with E-state index in [0.717, 1.165) is 0 Å². The Morgan fingerprint density at radius 2 is 1.71 bits per heavy atom. The Bertz CT molecular complexity index is 291. The average Bonchev–Trinajstić information content (AvgIpc) is 2.01. The van der Waals surface area contributed by atoms with Crippen LogP contribution in [0.5, 0.6) is 0 Å². The van der Waals surface area contributed by atoms with E-state index in [9.17, 15) is 24.3 Å². The van der Waals surface area contributed by atoms with Gasteiger partial charge in [-0.2, -0.15) is 0 Å². The summed E-state index contributed by atoms with van der Waals surface area (Å²) in [5.41, 5.74) is 0. The van der Waals surface area contributed by atoms with Crippen molar-refractivity contribution in [2.24, 2.45) is 5.92 Å². The van der Waals surface area contributed by atoms with Gasteiger partial charge in [0.25, 0.3) is 0 Å². The fourth-order valence-electron chi connectivity index (χ4n) is 1.07. The van der Waals surface area contributed by atoms with Crippen LogP contribution in [0.2, 0.25) is 0 Å². The number of barbiturate groups is 1. The number of urea groups is 1. The van der Waals surface area contributed by atoms with E-state index < -0.39 is 36.2 Å². The number of hydrogen-bond donors (Lipinski definition) is 2. The molecular weight excluding hydrogens is 192 g/mol. The van der Waals surface area contributed by atoms with Gasteiger partial charge in [-0.25, -0.2) is 4.79 Å². The van der Waals surface area contributed by atoms with Gasteiger partial charge in [0.2, 0.25) is 11.8 Å². The predicted octanol–water partition coefficient (Wildman–Crippen LogP) is -2.50. The Morgan fingerprint density at radius 3 is 2.14 bits per heavy atom. The van der Waals surface area contributed by atoms with Crippen molar-refractivity contribution in [3.63, 3.8) is 0 Å². The molecule has 0 saturated carbocycles. The third-order valence-electron chi connectivity index (χ3n) is 1.74. The molecule has 0 aromatic heterocycles. The molecule has 0 unspecified atom stereocenters. The number of carboxylic acid groups (broad SMARTS) is 1. The number of rotatable bonds is 3. The highest BCUT2D eigenvalue weighted by Gasteiger charge is 2.33. The minimum Gasteiger partial charge on any atom is -0.550 e. The van der Waals surface area contributed by atoms with Crippen LogP contribution < -0.4 is 15.7 Å². The molecule has 0 spiro atoms. The molecule has 1 fully saturated rings. The summed E-state index contributed by atoms with van der Waals surface area (Å²) in [4.78, 5) is 42.7. The summed E-state index contributed by atoms with van der Waals surface area (Å²) in [6, 6.07) is -0.885.